The molecular weight excluding hydrogens is 258 g/mol. The number of fused-ring (bicyclic) bond motifs is 1. The number of benzene rings is 2. The lowest BCUT2D eigenvalue weighted by atomic mass is 9.95. The Morgan fingerprint density at radius 1 is 1.00 bits per heavy atom. The number of rotatable bonds is 3. The van der Waals surface area contributed by atoms with Crippen molar-refractivity contribution in [3.8, 4) is 0 Å². The van der Waals surface area contributed by atoms with E-state index in [0.717, 1.165) is 25.0 Å². The Hall–Kier alpha value is -2.03. The number of hydrogen-bond donors (Lipinski definition) is 0. The molecule has 0 radical (unpaired) electrons. The van der Waals surface area contributed by atoms with E-state index in [-0.39, 0.29) is 18.1 Å². The SMILES string of the molecule is O=C(Cc1ccc(F)c(F)c1)C1Cc2ccccc2C1. The van der Waals surface area contributed by atoms with Gasteiger partial charge in [0.15, 0.2) is 11.6 Å². The van der Waals surface area contributed by atoms with Gasteiger partial charge in [-0.2, -0.15) is 0 Å². The Morgan fingerprint density at radius 2 is 1.65 bits per heavy atom. The summed E-state index contributed by atoms with van der Waals surface area (Å²) in [5.41, 5.74) is 2.97. The molecule has 0 aliphatic heterocycles. The van der Waals surface area contributed by atoms with Crippen molar-refractivity contribution in [3.63, 3.8) is 0 Å². The molecule has 0 atom stereocenters. The number of carbonyl (C=O) groups excluding carboxylic acids is 1. The molecule has 0 fully saturated rings. The van der Waals surface area contributed by atoms with E-state index < -0.39 is 11.6 Å². The summed E-state index contributed by atoms with van der Waals surface area (Å²) < 4.78 is 26.0. The first-order valence-corrected chi connectivity index (χ1v) is 6.67. The molecule has 1 aliphatic rings. The Labute approximate surface area is 116 Å². The first-order valence-electron chi connectivity index (χ1n) is 6.67. The molecule has 0 saturated heterocycles. The minimum Gasteiger partial charge on any atom is -0.299 e. The van der Waals surface area contributed by atoms with E-state index in [0.29, 0.717) is 5.56 Å². The average molecular weight is 272 g/mol. The molecule has 2 aromatic rings. The molecule has 0 aromatic heterocycles. The van der Waals surface area contributed by atoms with Gasteiger partial charge in [-0.15, -0.1) is 0 Å². The third kappa shape index (κ3) is 2.48. The van der Waals surface area contributed by atoms with E-state index in [1.807, 2.05) is 24.3 Å². The van der Waals surface area contributed by atoms with Crippen LogP contribution in [0.1, 0.15) is 16.7 Å². The smallest absolute Gasteiger partial charge is 0.159 e. The van der Waals surface area contributed by atoms with Crippen molar-refractivity contribution < 1.29 is 13.6 Å². The number of ketones is 1. The molecule has 0 bridgehead atoms. The first kappa shape index (κ1) is 13.0. The van der Waals surface area contributed by atoms with Crippen LogP contribution in [0.3, 0.4) is 0 Å². The Kier molecular flexibility index (Phi) is 3.35. The lowest BCUT2D eigenvalue weighted by Crippen LogP contribution is -2.17. The molecule has 3 heteroatoms. The van der Waals surface area contributed by atoms with Gasteiger partial charge in [0.1, 0.15) is 5.78 Å². The third-order valence-corrected chi connectivity index (χ3v) is 3.87. The largest absolute Gasteiger partial charge is 0.299 e. The minimum atomic E-state index is -0.898. The molecular formula is C17H14F2O. The van der Waals surface area contributed by atoms with Crippen LogP contribution in [-0.4, -0.2) is 5.78 Å². The van der Waals surface area contributed by atoms with Crippen LogP contribution in [0.2, 0.25) is 0 Å². The standard InChI is InChI=1S/C17H14F2O/c18-15-6-5-11(7-16(15)19)8-17(20)14-9-12-3-1-2-4-13(12)10-14/h1-7,14H,8-10H2. The fourth-order valence-corrected chi connectivity index (χ4v) is 2.78. The summed E-state index contributed by atoms with van der Waals surface area (Å²) in [5.74, 6) is -1.73. The zero-order valence-corrected chi connectivity index (χ0v) is 10.9. The number of hydrogen-bond acceptors (Lipinski definition) is 1. The summed E-state index contributed by atoms with van der Waals surface area (Å²) in [4.78, 5) is 12.3. The van der Waals surface area contributed by atoms with Gasteiger partial charge in [-0.3, -0.25) is 4.79 Å². The normalized spacial score (nSPS) is 14.3. The molecule has 20 heavy (non-hydrogen) atoms. The quantitative estimate of drug-likeness (QED) is 0.836. The molecule has 3 rings (SSSR count). The van der Waals surface area contributed by atoms with Crippen LogP contribution in [0.15, 0.2) is 42.5 Å². The van der Waals surface area contributed by atoms with E-state index in [1.54, 1.807) is 0 Å². The van der Waals surface area contributed by atoms with Crippen LogP contribution in [0.25, 0.3) is 0 Å². The van der Waals surface area contributed by atoms with E-state index in [2.05, 4.69) is 0 Å². The molecule has 0 N–H and O–H groups in total. The van der Waals surface area contributed by atoms with Crippen LogP contribution < -0.4 is 0 Å². The monoisotopic (exact) mass is 272 g/mol. The maximum absolute atomic E-state index is 13.1. The van der Waals surface area contributed by atoms with Crippen molar-refractivity contribution in [2.45, 2.75) is 19.3 Å². The fraction of sp³-hybridized carbons (Fsp3) is 0.235. The first-order chi connectivity index (χ1) is 9.63. The average Bonchev–Trinajstić information content (AvgIpc) is 2.87. The van der Waals surface area contributed by atoms with Crippen molar-refractivity contribution in [3.05, 3.63) is 70.8 Å². The van der Waals surface area contributed by atoms with E-state index >= 15 is 0 Å². The maximum atomic E-state index is 13.1. The summed E-state index contributed by atoms with van der Waals surface area (Å²) in [6, 6.07) is 11.7. The lowest BCUT2D eigenvalue weighted by Gasteiger charge is -2.08. The van der Waals surface area contributed by atoms with Crippen LogP contribution >= 0.6 is 0 Å². The molecule has 2 aromatic carbocycles. The third-order valence-electron chi connectivity index (χ3n) is 3.87. The zero-order chi connectivity index (χ0) is 14.1. The van der Waals surface area contributed by atoms with Crippen molar-refractivity contribution in [2.75, 3.05) is 0 Å². The highest BCUT2D eigenvalue weighted by Gasteiger charge is 2.26. The predicted octanol–water partition coefficient (Wildman–Crippen LogP) is 3.49. The highest BCUT2D eigenvalue weighted by atomic mass is 19.2. The molecule has 1 aliphatic carbocycles. The van der Waals surface area contributed by atoms with Crippen LogP contribution in [0.4, 0.5) is 8.78 Å². The van der Waals surface area contributed by atoms with Gasteiger partial charge in [0.25, 0.3) is 0 Å². The summed E-state index contributed by atoms with van der Waals surface area (Å²) >= 11 is 0. The summed E-state index contributed by atoms with van der Waals surface area (Å²) in [6.07, 6.45) is 1.66. The summed E-state index contributed by atoms with van der Waals surface area (Å²) in [5, 5.41) is 0. The molecule has 1 nitrogen and oxygen atoms in total. The molecule has 0 unspecified atom stereocenters. The zero-order valence-electron chi connectivity index (χ0n) is 10.9. The number of halogens is 2. The number of carbonyl (C=O) groups is 1. The highest BCUT2D eigenvalue weighted by molar-refractivity contribution is 5.84. The van der Waals surface area contributed by atoms with Gasteiger partial charge in [-0.05, 0) is 41.7 Å². The van der Waals surface area contributed by atoms with Gasteiger partial charge in [0.2, 0.25) is 0 Å². The van der Waals surface area contributed by atoms with Gasteiger partial charge in [-0.1, -0.05) is 30.3 Å². The van der Waals surface area contributed by atoms with Crippen LogP contribution in [-0.2, 0) is 24.1 Å². The molecule has 0 amide bonds. The van der Waals surface area contributed by atoms with Crippen LogP contribution in [0.5, 0.6) is 0 Å². The van der Waals surface area contributed by atoms with E-state index in [9.17, 15) is 13.6 Å². The van der Waals surface area contributed by atoms with Crippen molar-refractivity contribution >= 4 is 5.78 Å². The second kappa shape index (κ2) is 5.16. The molecule has 0 heterocycles. The van der Waals surface area contributed by atoms with Crippen molar-refractivity contribution in [1.82, 2.24) is 0 Å². The van der Waals surface area contributed by atoms with Gasteiger partial charge in [0, 0.05) is 12.3 Å². The topological polar surface area (TPSA) is 17.1 Å². The van der Waals surface area contributed by atoms with Crippen molar-refractivity contribution in [1.29, 1.82) is 0 Å². The lowest BCUT2D eigenvalue weighted by molar-refractivity contribution is -0.121. The molecule has 0 saturated carbocycles. The van der Waals surface area contributed by atoms with E-state index in [1.165, 1.54) is 17.2 Å². The highest BCUT2D eigenvalue weighted by Crippen LogP contribution is 2.28. The second-order valence-corrected chi connectivity index (χ2v) is 5.27. The van der Waals surface area contributed by atoms with Gasteiger partial charge in [-0.25, -0.2) is 8.78 Å². The van der Waals surface area contributed by atoms with Gasteiger partial charge < -0.3 is 0 Å². The Balaban J connectivity index is 1.71. The predicted molar refractivity (Wildman–Crippen MR) is 72.4 cm³/mol. The van der Waals surface area contributed by atoms with Gasteiger partial charge >= 0.3 is 0 Å². The summed E-state index contributed by atoms with van der Waals surface area (Å²) in [7, 11) is 0. The maximum Gasteiger partial charge on any atom is 0.159 e. The number of Topliss-reactive ketones (excluding diaryl/α,β-unsaturated/α-hetero) is 1. The van der Waals surface area contributed by atoms with Gasteiger partial charge in [0.05, 0.1) is 0 Å². The Bertz CT molecular complexity index is 639. The minimum absolute atomic E-state index is 0.0412. The summed E-state index contributed by atoms with van der Waals surface area (Å²) in [6.45, 7) is 0. The Morgan fingerprint density at radius 3 is 2.25 bits per heavy atom. The fourth-order valence-electron chi connectivity index (χ4n) is 2.78. The second-order valence-electron chi connectivity index (χ2n) is 5.27. The van der Waals surface area contributed by atoms with Crippen LogP contribution in [0, 0.1) is 17.6 Å². The molecule has 102 valence electrons. The molecule has 0 spiro atoms. The van der Waals surface area contributed by atoms with Crippen molar-refractivity contribution in [2.24, 2.45) is 5.92 Å². The van der Waals surface area contributed by atoms with E-state index in [4.69, 9.17) is 0 Å².